The van der Waals surface area contributed by atoms with E-state index in [2.05, 4.69) is 26.8 Å². The molecule has 2 rings (SSSR count). The predicted molar refractivity (Wildman–Crippen MR) is 68.6 cm³/mol. The van der Waals surface area contributed by atoms with Gasteiger partial charge in [0.1, 0.15) is 11.5 Å². The van der Waals surface area contributed by atoms with Crippen molar-refractivity contribution in [1.29, 1.82) is 0 Å². The Morgan fingerprint density at radius 2 is 2.31 bits per heavy atom. The molecule has 0 aliphatic heterocycles. The number of aromatic nitrogens is 2. The van der Waals surface area contributed by atoms with Crippen molar-refractivity contribution in [2.75, 3.05) is 5.73 Å². The molecular weight excluding hydrogens is 266 g/mol. The number of anilines is 1. The van der Waals surface area contributed by atoms with Gasteiger partial charge in [0.25, 0.3) is 0 Å². The monoisotopic (exact) mass is 275 g/mol. The van der Waals surface area contributed by atoms with Crippen molar-refractivity contribution in [3.63, 3.8) is 0 Å². The Morgan fingerprint density at radius 3 is 3.00 bits per heavy atom. The predicted octanol–water partition coefficient (Wildman–Crippen LogP) is 2.53. The van der Waals surface area contributed by atoms with Crippen LogP contribution in [-0.4, -0.2) is 9.55 Å². The number of hydrogen-bond acceptors (Lipinski definition) is 2. The quantitative estimate of drug-likeness (QED) is 0.856. The fraction of sp³-hybridized carbons (Fsp3) is 0.0833. The molecule has 0 aliphatic carbocycles. The summed E-state index contributed by atoms with van der Waals surface area (Å²) in [5.41, 5.74) is 7.70. The van der Waals surface area contributed by atoms with Crippen LogP contribution in [-0.2, 0) is 6.54 Å². The van der Waals surface area contributed by atoms with Crippen LogP contribution in [0.1, 0.15) is 0 Å². The normalized spacial score (nSPS) is 10.0. The maximum Gasteiger partial charge on any atom is 0.132 e. The summed E-state index contributed by atoms with van der Waals surface area (Å²) in [6, 6.07) is 7.83. The smallest absolute Gasteiger partial charge is 0.132 e. The molecule has 16 heavy (non-hydrogen) atoms. The second kappa shape index (κ2) is 4.42. The maximum absolute atomic E-state index is 5.96. The van der Waals surface area contributed by atoms with E-state index in [1.165, 1.54) is 0 Å². The van der Waals surface area contributed by atoms with E-state index >= 15 is 0 Å². The first-order chi connectivity index (χ1) is 7.72. The summed E-state index contributed by atoms with van der Waals surface area (Å²) in [5, 5.41) is 0. The van der Waals surface area contributed by atoms with Crippen molar-refractivity contribution >= 4 is 21.7 Å². The highest BCUT2D eigenvalue weighted by Gasteiger charge is 2.09. The molecule has 0 radical (unpaired) electrons. The summed E-state index contributed by atoms with van der Waals surface area (Å²) in [6.07, 6.45) is 6.90. The van der Waals surface area contributed by atoms with Gasteiger partial charge in [-0.1, -0.05) is 34.0 Å². The van der Waals surface area contributed by atoms with Crippen LogP contribution in [0.3, 0.4) is 0 Å². The van der Waals surface area contributed by atoms with Crippen molar-refractivity contribution in [1.82, 2.24) is 9.55 Å². The molecule has 80 valence electrons. The van der Waals surface area contributed by atoms with Crippen LogP contribution in [0, 0.1) is 12.3 Å². The van der Waals surface area contributed by atoms with Gasteiger partial charge in [0.15, 0.2) is 0 Å². The first-order valence-corrected chi connectivity index (χ1v) is 5.51. The second-order valence-electron chi connectivity index (χ2n) is 3.32. The molecule has 1 heterocycles. The number of hydrogen-bond donors (Lipinski definition) is 1. The van der Waals surface area contributed by atoms with Gasteiger partial charge in [-0.3, -0.25) is 0 Å². The first kappa shape index (κ1) is 10.8. The minimum absolute atomic E-state index is 0.437. The lowest BCUT2D eigenvalue weighted by molar-refractivity contribution is 0.852. The average molecular weight is 276 g/mol. The van der Waals surface area contributed by atoms with Gasteiger partial charge in [0.2, 0.25) is 0 Å². The molecule has 2 N–H and O–H groups in total. The minimum Gasteiger partial charge on any atom is -0.383 e. The van der Waals surface area contributed by atoms with Crippen LogP contribution in [0.2, 0.25) is 0 Å². The van der Waals surface area contributed by atoms with Crippen molar-refractivity contribution in [3.05, 3.63) is 35.1 Å². The zero-order valence-corrected chi connectivity index (χ0v) is 10.1. The molecular formula is C12H10BrN3. The van der Waals surface area contributed by atoms with Gasteiger partial charge >= 0.3 is 0 Å². The van der Waals surface area contributed by atoms with Gasteiger partial charge < -0.3 is 10.3 Å². The van der Waals surface area contributed by atoms with Gasteiger partial charge in [-0.15, -0.1) is 6.42 Å². The van der Waals surface area contributed by atoms with Crippen molar-refractivity contribution in [3.8, 4) is 23.6 Å². The summed E-state index contributed by atoms with van der Waals surface area (Å²) in [6.45, 7) is 0.437. The van der Waals surface area contributed by atoms with Crippen LogP contribution >= 0.6 is 15.9 Å². The molecule has 0 bridgehead atoms. The maximum atomic E-state index is 5.96. The van der Waals surface area contributed by atoms with Crippen molar-refractivity contribution in [2.45, 2.75) is 6.54 Å². The SMILES string of the molecule is C#CCn1cnc(-c2cccc(Br)c2)c1N. The Hall–Kier alpha value is -1.73. The van der Waals surface area contributed by atoms with E-state index in [-0.39, 0.29) is 0 Å². The molecule has 2 aromatic rings. The molecule has 1 aromatic heterocycles. The molecule has 0 saturated heterocycles. The Bertz CT molecular complexity index is 552. The average Bonchev–Trinajstić information content (AvgIpc) is 2.61. The fourth-order valence-electron chi connectivity index (χ4n) is 1.47. The summed E-state index contributed by atoms with van der Waals surface area (Å²) in [4.78, 5) is 4.27. The number of benzene rings is 1. The van der Waals surface area contributed by atoms with Gasteiger partial charge in [-0.2, -0.15) is 0 Å². The highest BCUT2D eigenvalue weighted by Crippen LogP contribution is 2.26. The third kappa shape index (κ3) is 1.95. The van der Waals surface area contributed by atoms with Crippen LogP contribution in [0.25, 0.3) is 11.3 Å². The number of nitrogen functional groups attached to an aromatic ring is 1. The first-order valence-electron chi connectivity index (χ1n) is 4.72. The Balaban J connectivity index is 2.46. The molecule has 0 aliphatic rings. The lowest BCUT2D eigenvalue weighted by Gasteiger charge is -2.02. The molecule has 0 fully saturated rings. The summed E-state index contributed by atoms with van der Waals surface area (Å²) in [7, 11) is 0. The van der Waals surface area contributed by atoms with E-state index in [1.54, 1.807) is 10.9 Å². The lowest BCUT2D eigenvalue weighted by atomic mass is 10.1. The van der Waals surface area contributed by atoms with E-state index in [1.807, 2.05) is 24.3 Å². The number of nitrogens with two attached hydrogens (primary N) is 1. The van der Waals surface area contributed by atoms with Crippen LogP contribution in [0.5, 0.6) is 0 Å². The van der Waals surface area contributed by atoms with E-state index in [4.69, 9.17) is 12.2 Å². The molecule has 0 saturated carbocycles. The number of terminal acetylenes is 1. The molecule has 0 atom stereocenters. The molecule has 0 unspecified atom stereocenters. The highest BCUT2D eigenvalue weighted by atomic mass is 79.9. The van der Waals surface area contributed by atoms with Gasteiger partial charge in [-0.25, -0.2) is 4.98 Å². The number of nitrogens with zero attached hydrogens (tertiary/aromatic N) is 2. The standard InChI is InChI=1S/C12H10BrN3/c1-2-6-16-8-15-11(12(16)14)9-4-3-5-10(13)7-9/h1,3-5,7-8H,6,14H2. The van der Waals surface area contributed by atoms with E-state index < -0.39 is 0 Å². The van der Waals surface area contributed by atoms with Crippen molar-refractivity contribution in [2.24, 2.45) is 0 Å². The topological polar surface area (TPSA) is 43.8 Å². The van der Waals surface area contributed by atoms with Crippen LogP contribution < -0.4 is 5.73 Å². The molecule has 1 aromatic carbocycles. The summed E-state index contributed by atoms with van der Waals surface area (Å²) < 4.78 is 2.74. The Kier molecular flexibility index (Phi) is 2.97. The van der Waals surface area contributed by atoms with Gasteiger partial charge in [0, 0.05) is 10.0 Å². The number of imidazole rings is 1. The molecule has 4 heteroatoms. The minimum atomic E-state index is 0.437. The third-order valence-electron chi connectivity index (χ3n) is 2.24. The molecule has 0 spiro atoms. The van der Waals surface area contributed by atoms with Gasteiger partial charge in [-0.05, 0) is 12.1 Å². The summed E-state index contributed by atoms with van der Waals surface area (Å²) in [5.74, 6) is 3.13. The van der Waals surface area contributed by atoms with Crippen LogP contribution in [0.15, 0.2) is 35.1 Å². The van der Waals surface area contributed by atoms with E-state index in [0.29, 0.717) is 12.4 Å². The zero-order valence-electron chi connectivity index (χ0n) is 8.52. The van der Waals surface area contributed by atoms with Gasteiger partial charge in [0.05, 0.1) is 12.9 Å². The van der Waals surface area contributed by atoms with E-state index in [9.17, 15) is 0 Å². The number of rotatable bonds is 2. The second-order valence-corrected chi connectivity index (χ2v) is 4.24. The fourth-order valence-corrected chi connectivity index (χ4v) is 1.87. The zero-order chi connectivity index (χ0) is 11.5. The highest BCUT2D eigenvalue weighted by molar-refractivity contribution is 9.10. The van der Waals surface area contributed by atoms with Crippen LogP contribution in [0.4, 0.5) is 5.82 Å². The van der Waals surface area contributed by atoms with E-state index in [0.717, 1.165) is 15.7 Å². The third-order valence-corrected chi connectivity index (χ3v) is 2.73. The Labute approximate surface area is 102 Å². The number of halogens is 1. The molecule has 0 amide bonds. The largest absolute Gasteiger partial charge is 0.383 e. The van der Waals surface area contributed by atoms with Crippen molar-refractivity contribution < 1.29 is 0 Å². The molecule has 3 nitrogen and oxygen atoms in total. The lowest BCUT2D eigenvalue weighted by Crippen LogP contribution is -2.00. The Morgan fingerprint density at radius 1 is 1.50 bits per heavy atom. The summed E-state index contributed by atoms with van der Waals surface area (Å²) >= 11 is 3.41.